The van der Waals surface area contributed by atoms with E-state index in [1.54, 1.807) is 0 Å². The summed E-state index contributed by atoms with van der Waals surface area (Å²) in [5.41, 5.74) is -3.78. The normalized spacial score (nSPS) is 22.5. The molecule has 4 aliphatic heterocycles. The van der Waals surface area contributed by atoms with E-state index < -0.39 is 82.6 Å². The van der Waals surface area contributed by atoms with E-state index in [1.807, 2.05) is 0 Å². The Bertz CT molecular complexity index is 1760. The number of nitrogens with one attached hydrogen (secondary N) is 6. The number of nitrogens with zero attached hydrogens (tertiary/aromatic N) is 2. The highest BCUT2D eigenvalue weighted by Gasteiger charge is 2.39. The molecule has 4 saturated heterocycles. The third-order valence-corrected chi connectivity index (χ3v) is 9.64. The molecule has 0 bridgehead atoms. The maximum atomic E-state index is 14.4. The highest BCUT2D eigenvalue weighted by atomic mass is 19.4. The molecule has 1 aromatic heterocycles. The molecule has 5 heterocycles. The van der Waals surface area contributed by atoms with Gasteiger partial charge in [0.15, 0.2) is 0 Å². The van der Waals surface area contributed by atoms with Gasteiger partial charge in [0.25, 0.3) is 11.8 Å². The maximum absolute atomic E-state index is 14.4. The van der Waals surface area contributed by atoms with Crippen molar-refractivity contribution in [3.8, 4) is 23.0 Å². The van der Waals surface area contributed by atoms with Crippen LogP contribution in [0.4, 0.5) is 37.7 Å². The van der Waals surface area contributed by atoms with Crippen LogP contribution in [0.1, 0.15) is 57.8 Å². The summed E-state index contributed by atoms with van der Waals surface area (Å²) < 4.78 is 110. The third-order valence-electron chi connectivity index (χ3n) is 9.64. The number of halogens is 6. The number of hydrogen-bond acceptors (Lipinski definition) is 12. The van der Waals surface area contributed by atoms with Crippen molar-refractivity contribution in [3.05, 3.63) is 59.2 Å². The molecule has 14 nitrogen and oxygen atoms in total. The zero-order chi connectivity index (χ0) is 39.5. The Hall–Kier alpha value is -4.92. The number of anilines is 2. The molecule has 2 aromatic carbocycles. The minimum atomic E-state index is -4.87. The second-order valence-corrected chi connectivity index (χ2v) is 13.8. The summed E-state index contributed by atoms with van der Waals surface area (Å²) in [5, 5.41) is 17.1. The Balaban J connectivity index is 1.15. The monoisotopic (exact) mass is 794 g/mol. The molecule has 0 spiro atoms. The van der Waals surface area contributed by atoms with Crippen LogP contribution in [0.15, 0.2) is 36.7 Å². The number of carbonyl (C=O) groups excluding carboxylic acids is 2. The summed E-state index contributed by atoms with van der Waals surface area (Å²) in [6.07, 6.45) is -8.58. The number of aromatic nitrogens is 2. The zero-order valence-electron chi connectivity index (χ0n) is 29.9. The fourth-order valence-electron chi connectivity index (χ4n) is 6.76. The van der Waals surface area contributed by atoms with Gasteiger partial charge < -0.3 is 50.8 Å². The first kappa shape index (κ1) is 39.3. The fraction of sp³-hybridized carbons (Fsp3) is 0.500. The second kappa shape index (κ2) is 16.7. The smallest absolute Gasteiger partial charge is 0.420 e. The van der Waals surface area contributed by atoms with Gasteiger partial charge in [-0.15, -0.1) is 0 Å². The van der Waals surface area contributed by atoms with Gasteiger partial charge in [0.2, 0.25) is 0 Å². The molecule has 3 aromatic rings. The van der Waals surface area contributed by atoms with Gasteiger partial charge in [-0.3, -0.25) is 9.59 Å². The maximum Gasteiger partial charge on any atom is 0.420 e. The average molecular weight is 795 g/mol. The summed E-state index contributed by atoms with van der Waals surface area (Å²) in [4.78, 5) is 34.9. The number of rotatable bonds is 12. The van der Waals surface area contributed by atoms with Crippen LogP contribution in [0.2, 0.25) is 0 Å². The first-order chi connectivity index (χ1) is 26.8. The third kappa shape index (κ3) is 9.54. The second-order valence-electron chi connectivity index (χ2n) is 13.8. The van der Waals surface area contributed by atoms with Crippen LogP contribution in [-0.4, -0.2) is 98.6 Å². The zero-order valence-corrected chi connectivity index (χ0v) is 29.9. The predicted molar refractivity (Wildman–Crippen MR) is 188 cm³/mol. The lowest BCUT2D eigenvalue weighted by molar-refractivity contribution is -0.140. The number of hydrogen-bond donors (Lipinski definition) is 6. The van der Waals surface area contributed by atoms with Gasteiger partial charge in [-0.1, -0.05) is 0 Å². The van der Waals surface area contributed by atoms with Crippen molar-refractivity contribution in [2.24, 2.45) is 0 Å². The molecular formula is C36H40F6N8O6. The summed E-state index contributed by atoms with van der Waals surface area (Å²) in [6.45, 7) is 3.96. The van der Waals surface area contributed by atoms with E-state index in [9.17, 15) is 35.9 Å². The standard InChI is InChI=1S/C36H40F6N8O6/c37-35(38,39)23-9-25(31(55-21-3-7-45-16-21)12-29(23)53-19-1-5-43-14-19)49-33(51)27-11-28(48-18-47-27)34(52)50-26-10-24(36(40,41)42)30(54-20-2-6-44-15-20)13-32(26)56-22-4-8-46-17-22/h9-13,18-22,43-46H,1-8,14-17H2,(H,49,51)(H,50,52). The molecule has 0 saturated carbocycles. The summed E-state index contributed by atoms with van der Waals surface area (Å²) >= 11 is 0. The molecule has 0 radical (unpaired) electrons. The van der Waals surface area contributed by atoms with E-state index in [4.69, 9.17) is 18.9 Å². The van der Waals surface area contributed by atoms with Crippen molar-refractivity contribution < 1.29 is 54.9 Å². The minimum Gasteiger partial charge on any atom is -0.488 e. The average Bonchev–Trinajstić information content (AvgIpc) is 4.00. The quantitative estimate of drug-likeness (QED) is 0.146. The van der Waals surface area contributed by atoms with E-state index in [0.717, 1.165) is 36.7 Å². The van der Waals surface area contributed by atoms with Crippen molar-refractivity contribution in [3.63, 3.8) is 0 Å². The molecule has 302 valence electrons. The number of alkyl halides is 6. The number of carbonyl (C=O) groups is 2. The Morgan fingerprint density at radius 1 is 0.536 bits per heavy atom. The highest BCUT2D eigenvalue weighted by Crippen LogP contribution is 2.45. The van der Waals surface area contributed by atoms with Crippen LogP contribution in [0, 0.1) is 0 Å². The highest BCUT2D eigenvalue weighted by molar-refractivity contribution is 6.07. The molecule has 0 aliphatic carbocycles. The Labute approximate surface area is 316 Å². The van der Waals surface area contributed by atoms with Gasteiger partial charge in [-0.2, -0.15) is 26.3 Å². The van der Waals surface area contributed by atoms with Crippen LogP contribution < -0.4 is 50.8 Å². The van der Waals surface area contributed by atoms with E-state index >= 15 is 0 Å². The summed E-state index contributed by atoms with van der Waals surface area (Å²) in [5.74, 6) is -3.09. The SMILES string of the molecule is O=C(Nc1cc(C(F)(F)F)c(OC2CCNC2)cc1OC1CCNC1)c1cc(C(=O)Nc2cc(C(F)(F)F)c(OC3CCNC3)cc2OC2CCNC2)ncn1. The van der Waals surface area contributed by atoms with Crippen molar-refractivity contribution in [2.45, 2.75) is 62.5 Å². The molecule has 56 heavy (non-hydrogen) atoms. The lowest BCUT2D eigenvalue weighted by Crippen LogP contribution is -2.24. The van der Waals surface area contributed by atoms with Gasteiger partial charge in [-0.25, -0.2) is 9.97 Å². The lowest BCUT2D eigenvalue weighted by Gasteiger charge is -2.23. The number of ether oxygens (including phenoxy) is 4. The first-order valence-electron chi connectivity index (χ1n) is 18.2. The molecule has 4 fully saturated rings. The summed E-state index contributed by atoms with van der Waals surface area (Å²) in [7, 11) is 0. The molecule has 4 aliphatic rings. The van der Waals surface area contributed by atoms with Gasteiger partial charge >= 0.3 is 12.4 Å². The van der Waals surface area contributed by atoms with E-state index in [-0.39, 0.29) is 22.9 Å². The Kier molecular flexibility index (Phi) is 11.7. The topological polar surface area (TPSA) is 169 Å². The molecule has 2 amide bonds. The van der Waals surface area contributed by atoms with Crippen LogP contribution in [0.3, 0.4) is 0 Å². The van der Waals surface area contributed by atoms with Crippen LogP contribution in [-0.2, 0) is 12.4 Å². The van der Waals surface area contributed by atoms with Crippen molar-refractivity contribution >= 4 is 23.2 Å². The number of benzene rings is 2. The first-order valence-corrected chi connectivity index (χ1v) is 18.2. The molecule has 6 N–H and O–H groups in total. The van der Waals surface area contributed by atoms with Crippen molar-refractivity contribution in [1.29, 1.82) is 0 Å². The molecule has 4 atom stereocenters. The van der Waals surface area contributed by atoms with Crippen LogP contribution in [0.25, 0.3) is 0 Å². The van der Waals surface area contributed by atoms with E-state index in [0.29, 0.717) is 78.0 Å². The van der Waals surface area contributed by atoms with Gasteiger partial charge in [0.1, 0.15) is 65.1 Å². The van der Waals surface area contributed by atoms with Crippen molar-refractivity contribution in [1.82, 2.24) is 31.2 Å². The van der Waals surface area contributed by atoms with Crippen LogP contribution in [0.5, 0.6) is 23.0 Å². The fourth-order valence-corrected chi connectivity index (χ4v) is 6.76. The summed E-state index contributed by atoms with van der Waals surface area (Å²) in [6, 6.07) is 4.60. The molecule has 20 heteroatoms. The lowest BCUT2D eigenvalue weighted by atomic mass is 10.1. The Morgan fingerprint density at radius 2 is 0.875 bits per heavy atom. The van der Waals surface area contributed by atoms with Gasteiger partial charge in [0.05, 0.1) is 22.5 Å². The minimum absolute atomic E-state index is 0.0740. The largest absolute Gasteiger partial charge is 0.488 e. The Morgan fingerprint density at radius 3 is 1.18 bits per heavy atom. The van der Waals surface area contributed by atoms with Gasteiger partial charge in [-0.05, 0) is 64.0 Å². The van der Waals surface area contributed by atoms with E-state index in [1.165, 1.54) is 0 Å². The molecule has 4 unspecified atom stereocenters. The predicted octanol–water partition coefficient (Wildman–Crippen LogP) is 3.98. The van der Waals surface area contributed by atoms with E-state index in [2.05, 4.69) is 41.9 Å². The van der Waals surface area contributed by atoms with Crippen LogP contribution >= 0.6 is 0 Å². The molecular weight excluding hydrogens is 754 g/mol. The molecule has 7 rings (SSSR count). The number of amides is 2. The van der Waals surface area contributed by atoms with Gasteiger partial charge in [0, 0.05) is 44.4 Å². The van der Waals surface area contributed by atoms with Crippen molar-refractivity contribution in [2.75, 3.05) is 63.0 Å².